The van der Waals surface area contributed by atoms with Crippen LogP contribution in [0.15, 0.2) is 42.5 Å². The van der Waals surface area contributed by atoms with Crippen molar-refractivity contribution in [1.82, 2.24) is 20.0 Å². The Hall–Kier alpha value is -2.51. The van der Waals surface area contributed by atoms with Crippen molar-refractivity contribution >= 4 is 11.7 Å². The average Bonchev–Trinajstić information content (AvgIpc) is 3.27. The van der Waals surface area contributed by atoms with Crippen LogP contribution in [-0.4, -0.2) is 71.3 Å². The highest BCUT2D eigenvalue weighted by Crippen LogP contribution is 2.14. The van der Waals surface area contributed by atoms with Gasteiger partial charge in [-0.1, -0.05) is 30.3 Å². The lowest BCUT2D eigenvalue weighted by molar-refractivity contribution is 0.0621. The largest absolute Gasteiger partial charge is 0.376 e. The van der Waals surface area contributed by atoms with E-state index in [1.165, 1.54) is 5.56 Å². The second kappa shape index (κ2) is 9.12. The Bertz CT molecular complexity index is 754. The van der Waals surface area contributed by atoms with Crippen molar-refractivity contribution in [2.24, 2.45) is 0 Å². The van der Waals surface area contributed by atoms with Gasteiger partial charge in [0.05, 0.1) is 6.10 Å². The quantitative estimate of drug-likeness (QED) is 0.826. The van der Waals surface area contributed by atoms with Crippen LogP contribution < -0.4 is 5.32 Å². The van der Waals surface area contributed by atoms with Gasteiger partial charge in [0.2, 0.25) is 0 Å². The van der Waals surface area contributed by atoms with E-state index in [4.69, 9.17) is 4.74 Å². The number of hydrogen-bond donors (Lipinski definition) is 1. The molecule has 1 atom stereocenters. The molecule has 0 saturated carbocycles. The van der Waals surface area contributed by atoms with Crippen molar-refractivity contribution in [2.75, 3.05) is 44.6 Å². The summed E-state index contributed by atoms with van der Waals surface area (Å²) >= 11 is 0. The molecule has 2 fully saturated rings. The Morgan fingerprint density at radius 1 is 1.07 bits per heavy atom. The van der Waals surface area contributed by atoms with Crippen LogP contribution in [0, 0.1) is 0 Å². The SMILES string of the molecule is O=C(c1ccc(NCC2CCCO2)nn1)N1CCN(Cc2ccccc2)CC1. The fraction of sp³-hybridized carbons (Fsp3) is 0.476. The van der Waals surface area contributed by atoms with E-state index in [0.717, 1.165) is 45.6 Å². The van der Waals surface area contributed by atoms with Gasteiger partial charge >= 0.3 is 0 Å². The fourth-order valence-electron chi connectivity index (χ4n) is 3.68. The monoisotopic (exact) mass is 381 g/mol. The van der Waals surface area contributed by atoms with E-state index >= 15 is 0 Å². The first-order chi connectivity index (χ1) is 13.8. The van der Waals surface area contributed by atoms with E-state index in [0.29, 0.717) is 24.6 Å². The molecule has 2 saturated heterocycles. The molecular formula is C21H27N5O2. The Morgan fingerprint density at radius 3 is 2.57 bits per heavy atom. The lowest BCUT2D eigenvalue weighted by atomic mass is 10.2. The molecule has 7 nitrogen and oxygen atoms in total. The number of amides is 1. The van der Waals surface area contributed by atoms with Gasteiger partial charge in [0, 0.05) is 45.9 Å². The van der Waals surface area contributed by atoms with E-state index in [9.17, 15) is 4.79 Å². The first-order valence-electron chi connectivity index (χ1n) is 10.0. The smallest absolute Gasteiger partial charge is 0.274 e. The van der Waals surface area contributed by atoms with Gasteiger partial charge in [-0.2, -0.15) is 0 Å². The van der Waals surface area contributed by atoms with Crippen LogP contribution in [0.5, 0.6) is 0 Å². The summed E-state index contributed by atoms with van der Waals surface area (Å²) in [5.74, 6) is 0.636. The molecule has 7 heteroatoms. The third kappa shape index (κ3) is 4.85. The number of nitrogens with one attached hydrogen (secondary N) is 1. The van der Waals surface area contributed by atoms with E-state index < -0.39 is 0 Å². The van der Waals surface area contributed by atoms with Crippen LogP contribution >= 0.6 is 0 Å². The third-order valence-electron chi connectivity index (χ3n) is 5.33. The highest BCUT2D eigenvalue weighted by molar-refractivity contribution is 5.92. The van der Waals surface area contributed by atoms with Crippen molar-refractivity contribution in [2.45, 2.75) is 25.5 Å². The Labute approximate surface area is 165 Å². The predicted octanol–water partition coefficient (Wildman–Crippen LogP) is 2.03. The number of anilines is 1. The van der Waals surface area contributed by atoms with Gasteiger partial charge in [-0.3, -0.25) is 9.69 Å². The molecule has 1 N–H and O–H groups in total. The van der Waals surface area contributed by atoms with Crippen LogP contribution in [0.3, 0.4) is 0 Å². The zero-order valence-electron chi connectivity index (χ0n) is 16.1. The summed E-state index contributed by atoms with van der Waals surface area (Å²) in [6, 6.07) is 14.0. The van der Waals surface area contributed by atoms with Crippen LogP contribution in [0.25, 0.3) is 0 Å². The summed E-state index contributed by atoms with van der Waals surface area (Å²) in [5.41, 5.74) is 1.71. The summed E-state index contributed by atoms with van der Waals surface area (Å²) in [6.45, 7) is 5.66. The van der Waals surface area contributed by atoms with Crippen LogP contribution in [-0.2, 0) is 11.3 Å². The van der Waals surface area contributed by atoms with Crippen molar-refractivity contribution in [1.29, 1.82) is 0 Å². The number of nitrogens with zero attached hydrogens (tertiary/aromatic N) is 4. The second-order valence-electron chi connectivity index (χ2n) is 7.37. The lowest BCUT2D eigenvalue weighted by Crippen LogP contribution is -2.48. The van der Waals surface area contributed by atoms with E-state index in [-0.39, 0.29) is 12.0 Å². The maximum absolute atomic E-state index is 12.7. The molecule has 0 bridgehead atoms. The lowest BCUT2D eigenvalue weighted by Gasteiger charge is -2.34. The van der Waals surface area contributed by atoms with E-state index in [2.05, 4.69) is 44.7 Å². The molecule has 2 aliphatic heterocycles. The minimum absolute atomic E-state index is 0.0439. The standard InChI is InChI=1S/C21H27N5O2/c27-21(19-8-9-20(24-23-19)22-15-18-7-4-14-28-18)26-12-10-25(11-13-26)16-17-5-2-1-3-6-17/h1-3,5-6,8-9,18H,4,7,10-16H2,(H,22,24). The van der Waals surface area contributed by atoms with Crippen molar-refractivity contribution in [3.05, 3.63) is 53.7 Å². The van der Waals surface area contributed by atoms with Gasteiger partial charge < -0.3 is 15.0 Å². The minimum atomic E-state index is -0.0439. The first kappa shape index (κ1) is 18.8. The van der Waals surface area contributed by atoms with Crippen molar-refractivity contribution < 1.29 is 9.53 Å². The zero-order valence-corrected chi connectivity index (χ0v) is 16.1. The molecule has 1 amide bonds. The number of rotatable bonds is 6. The van der Waals surface area contributed by atoms with Gasteiger partial charge in [-0.15, -0.1) is 10.2 Å². The molecule has 1 unspecified atom stereocenters. The van der Waals surface area contributed by atoms with Gasteiger partial charge in [0.15, 0.2) is 5.69 Å². The van der Waals surface area contributed by atoms with E-state index in [1.54, 1.807) is 6.07 Å². The van der Waals surface area contributed by atoms with Gasteiger partial charge in [-0.05, 0) is 30.5 Å². The van der Waals surface area contributed by atoms with Crippen LogP contribution in [0.4, 0.5) is 5.82 Å². The molecule has 2 aromatic rings. The van der Waals surface area contributed by atoms with Crippen molar-refractivity contribution in [3.63, 3.8) is 0 Å². The molecule has 1 aromatic carbocycles. The highest BCUT2D eigenvalue weighted by Gasteiger charge is 2.23. The number of carbonyl (C=O) groups excluding carboxylic acids is 1. The Balaban J connectivity index is 1.25. The molecule has 3 heterocycles. The number of ether oxygens (including phenoxy) is 1. The van der Waals surface area contributed by atoms with Gasteiger partial charge in [-0.25, -0.2) is 0 Å². The molecule has 0 spiro atoms. The Kier molecular flexibility index (Phi) is 6.14. The van der Waals surface area contributed by atoms with E-state index in [1.807, 2.05) is 17.0 Å². The number of benzene rings is 1. The third-order valence-corrected chi connectivity index (χ3v) is 5.33. The van der Waals surface area contributed by atoms with Crippen LogP contribution in [0.1, 0.15) is 28.9 Å². The molecule has 0 radical (unpaired) electrons. The summed E-state index contributed by atoms with van der Waals surface area (Å²) < 4.78 is 5.59. The fourth-order valence-corrected chi connectivity index (χ4v) is 3.68. The topological polar surface area (TPSA) is 70.6 Å². The molecule has 0 aliphatic carbocycles. The normalized spacial score (nSPS) is 20.3. The van der Waals surface area contributed by atoms with Gasteiger partial charge in [0.25, 0.3) is 5.91 Å². The minimum Gasteiger partial charge on any atom is -0.376 e. The number of hydrogen-bond acceptors (Lipinski definition) is 6. The number of piperazine rings is 1. The second-order valence-corrected chi connectivity index (χ2v) is 7.37. The highest BCUT2D eigenvalue weighted by atomic mass is 16.5. The van der Waals surface area contributed by atoms with Gasteiger partial charge in [0.1, 0.15) is 5.82 Å². The summed E-state index contributed by atoms with van der Waals surface area (Å²) in [7, 11) is 0. The van der Waals surface area contributed by atoms with Crippen LogP contribution in [0.2, 0.25) is 0 Å². The number of aromatic nitrogens is 2. The Morgan fingerprint density at radius 2 is 1.89 bits per heavy atom. The number of carbonyl (C=O) groups is 1. The maximum Gasteiger partial charge on any atom is 0.274 e. The molecular weight excluding hydrogens is 354 g/mol. The molecule has 2 aliphatic rings. The molecule has 1 aromatic heterocycles. The summed E-state index contributed by atoms with van der Waals surface area (Å²) in [5, 5.41) is 11.5. The summed E-state index contributed by atoms with van der Waals surface area (Å²) in [4.78, 5) is 17.0. The average molecular weight is 381 g/mol. The molecule has 28 heavy (non-hydrogen) atoms. The molecule has 4 rings (SSSR count). The maximum atomic E-state index is 12.7. The van der Waals surface area contributed by atoms with Crippen molar-refractivity contribution in [3.8, 4) is 0 Å². The zero-order chi connectivity index (χ0) is 19.2. The first-order valence-corrected chi connectivity index (χ1v) is 10.0. The predicted molar refractivity (Wildman–Crippen MR) is 107 cm³/mol. The molecule has 148 valence electrons. The summed E-state index contributed by atoms with van der Waals surface area (Å²) in [6.07, 6.45) is 2.44.